The number of unbranched alkanes of at least 4 members (excludes halogenated alkanes) is 39. The van der Waals surface area contributed by atoms with E-state index in [1.807, 2.05) is 0 Å². The van der Waals surface area contributed by atoms with Gasteiger partial charge in [-0.25, -0.2) is 0 Å². The largest absolute Gasteiger partial charge is 0.466 e. The number of aliphatic hydroxyl groups excluding tert-OH is 2. The molecule has 6 nitrogen and oxygen atoms in total. The van der Waals surface area contributed by atoms with Crippen molar-refractivity contribution < 1.29 is 24.5 Å². The third kappa shape index (κ3) is 53.4. The zero-order valence-corrected chi connectivity index (χ0v) is 45.6. The Labute approximate surface area is 424 Å². The average Bonchev–Trinajstić information content (AvgIpc) is 3.34. The fourth-order valence-electron chi connectivity index (χ4n) is 9.25. The van der Waals surface area contributed by atoms with Crippen LogP contribution in [0.3, 0.4) is 0 Å². The van der Waals surface area contributed by atoms with Crippen LogP contribution in [0.25, 0.3) is 0 Å². The van der Waals surface area contributed by atoms with Crippen LogP contribution in [0, 0.1) is 0 Å². The van der Waals surface area contributed by atoms with Gasteiger partial charge in [0.2, 0.25) is 5.91 Å². The molecule has 0 aliphatic carbocycles. The van der Waals surface area contributed by atoms with Gasteiger partial charge < -0.3 is 20.3 Å². The molecule has 0 spiro atoms. The summed E-state index contributed by atoms with van der Waals surface area (Å²) in [5.41, 5.74) is 0. The highest BCUT2D eigenvalue weighted by Crippen LogP contribution is 2.17. The van der Waals surface area contributed by atoms with Gasteiger partial charge in [0.25, 0.3) is 0 Å². The molecule has 1 amide bonds. The summed E-state index contributed by atoms with van der Waals surface area (Å²) in [6.07, 6.45) is 71.4. The Morgan fingerprint density at radius 2 is 0.735 bits per heavy atom. The molecule has 0 rings (SSSR count). The minimum atomic E-state index is -0.682. The van der Waals surface area contributed by atoms with Crippen LogP contribution in [0.1, 0.15) is 322 Å². The molecule has 0 aliphatic heterocycles. The number of ether oxygens (including phenoxy) is 1. The van der Waals surface area contributed by atoms with Gasteiger partial charge in [-0.05, 0) is 89.9 Å². The predicted octanol–water partition coefficient (Wildman–Crippen LogP) is 18.8. The second-order valence-corrected chi connectivity index (χ2v) is 20.7. The highest BCUT2D eigenvalue weighted by atomic mass is 16.5. The van der Waals surface area contributed by atoms with Crippen LogP contribution < -0.4 is 5.32 Å². The molecule has 2 unspecified atom stereocenters. The van der Waals surface area contributed by atoms with Gasteiger partial charge in [0.15, 0.2) is 0 Å². The summed E-state index contributed by atoms with van der Waals surface area (Å²) in [5, 5.41) is 23.3. The number of hydrogen-bond acceptors (Lipinski definition) is 5. The average molecular weight is 957 g/mol. The number of carbonyl (C=O) groups is 2. The molecule has 0 bridgehead atoms. The van der Waals surface area contributed by atoms with Gasteiger partial charge in [-0.2, -0.15) is 0 Å². The maximum atomic E-state index is 12.5. The van der Waals surface area contributed by atoms with Gasteiger partial charge in [-0.15, -0.1) is 0 Å². The lowest BCUT2D eigenvalue weighted by atomic mass is 10.0. The fourth-order valence-corrected chi connectivity index (χ4v) is 9.25. The number of nitrogens with one attached hydrogen (secondary N) is 1. The molecule has 400 valence electrons. The summed E-state index contributed by atoms with van der Waals surface area (Å²) >= 11 is 0. The monoisotopic (exact) mass is 956 g/mol. The van der Waals surface area contributed by atoms with Crippen molar-refractivity contribution in [2.75, 3.05) is 13.2 Å². The number of esters is 1. The van der Waals surface area contributed by atoms with Crippen molar-refractivity contribution in [1.82, 2.24) is 5.32 Å². The fraction of sp³-hybridized carbons (Fsp3) is 0.871. The van der Waals surface area contributed by atoms with E-state index >= 15 is 0 Å². The van der Waals surface area contributed by atoms with Crippen molar-refractivity contribution in [3.63, 3.8) is 0 Å². The topological polar surface area (TPSA) is 95.9 Å². The van der Waals surface area contributed by atoms with Crippen molar-refractivity contribution in [2.45, 2.75) is 334 Å². The molecule has 2 atom stereocenters. The number of allylic oxidation sites excluding steroid dienone is 6. The standard InChI is InChI=1S/C62H117NO5/c1-3-5-7-9-11-13-15-17-19-21-23-24-25-26-28-30-34-38-42-46-50-54-60(65)59(58-64)63-61(66)55-51-47-43-39-35-32-33-37-41-45-49-53-57-68-62(67)56-52-48-44-40-36-31-29-27-22-20-18-16-14-12-10-8-6-4-2/h14,16,20,22,33,37,59-60,64-65H,3-13,15,17-19,21,23-32,34-36,38-58H2,1-2H3,(H,63,66)/b16-14-,22-20-,37-33-. The van der Waals surface area contributed by atoms with Gasteiger partial charge in [0, 0.05) is 12.8 Å². The van der Waals surface area contributed by atoms with Crippen molar-refractivity contribution in [3.8, 4) is 0 Å². The summed E-state index contributed by atoms with van der Waals surface area (Å²) in [7, 11) is 0. The summed E-state index contributed by atoms with van der Waals surface area (Å²) in [6, 6.07) is -0.562. The van der Waals surface area contributed by atoms with Gasteiger partial charge in [-0.1, -0.05) is 256 Å². The van der Waals surface area contributed by atoms with Gasteiger partial charge in [-0.3, -0.25) is 9.59 Å². The van der Waals surface area contributed by atoms with E-state index in [0.717, 1.165) is 83.5 Å². The van der Waals surface area contributed by atoms with Crippen LogP contribution in [0.2, 0.25) is 0 Å². The summed E-state index contributed by atoms with van der Waals surface area (Å²) in [6.45, 7) is 4.89. The van der Waals surface area contributed by atoms with Gasteiger partial charge >= 0.3 is 5.97 Å². The molecule has 0 heterocycles. The van der Waals surface area contributed by atoms with Crippen molar-refractivity contribution in [3.05, 3.63) is 36.5 Å². The zero-order chi connectivity index (χ0) is 49.3. The van der Waals surface area contributed by atoms with E-state index in [1.54, 1.807) is 0 Å². The Bertz CT molecular complexity index is 1100. The first-order valence-corrected chi connectivity index (χ1v) is 30.2. The molecule has 0 saturated carbocycles. The summed E-state index contributed by atoms with van der Waals surface area (Å²) in [5.74, 6) is -0.0885. The molecule has 0 radical (unpaired) electrons. The molecule has 0 aromatic carbocycles. The second kappa shape index (κ2) is 57.7. The molecule has 6 heteroatoms. The van der Waals surface area contributed by atoms with Crippen LogP contribution in [-0.4, -0.2) is 47.4 Å². The van der Waals surface area contributed by atoms with Crippen LogP contribution >= 0.6 is 0 Å². The first kappa shape index (κ1) is 66.1. The number of amides is 1. The number of rotatable bonds is 56. The molecule has 0 saturated heterocycles. The molecular weight excluding hydrogens is 839 g/mol. The highest BCUT2D eigenvalue weighted by molar-refractivity contribution is 5.76. The summed E-state index contributed by atoms with van der Waals surface area (Å²) < 4.78 is 5.46. The van der Waals surface area contributed by atoms with E-state index in [9.17, 15) is 19.8 Å². The van der Waals surface area contributed by atoms with E-state index in [-0.39, 0.29) is 18.5 Å². The van der Waals surface area contributed by atoms with Crippen molar-refractivity contribution in [1.29, 1.82) is 0 Å². The normalized spacial score (nSPS) is 12.8. The Morgan fingerprint density at radius 1 is 0.412 bits per heavy atom. The van der Waals surface area contributed by atoms with Crippen LogP contribution in [-0.2, 0) is 14.3 Å². The zero-order valence-electron chi connectivity index (χ0n) is 45.6. The lowest BCUT2D eigenvalue weighted by Gasteiger charge is -2.22. The van der Waals surface area contributed by atoms with Crippen molar-refractivity contribution in [2.24, 2.45) is 0 Å². The van der Waals surface area contributed by atoms with Crippen LogP contribution in [0.4, 0.5) is 0 Å². The van der Waals surface area contributed by atoms with E-state index in [0.29, 0.717) is 25.9 Å². The van der Waals surface area contributed by atoms with Crippen molar-refractivity contribution >= 4 is 11.9 Å². The molecule has 0 aliphatic rings. The van der Waals surface area contributed by atoms with Gasteiger partial charge in [0.05, 0.1) is 25.4 Å². The van der Waals surface area contributed by atoms with E-state index < -0.39 is 12.1 Å². The Balaban J connectivity index is 3.49. The maximum absolute atomic E-state index is 12.5. The molecule has 3 N–H and O–H groups in total. The minimum Gasteiger partial charge on any atom is -0.466 e. The second-order valence-electron chi connectivity index (χ2n) is 20.7. The van der Waals surface area contributed by atoms with Gasteiger partial charge in [0.1, 0.15) is 0 Å². The quantitative estimate of drug-likeness (QED) is 0.0321. The molecule has 0 aromatic rings. The Kier molecular flexibility index (Phi) is 56.0. The van der Waals surface area contributed by atoms with E-state index in [4.69, 9.17) is 4.74 Å². The molecule has 0 fully saturated rings. The minimum absolute atomic E-state index is 0.0295. The predicted molar refractivity (Wildman–Crippen MR) is 296 cm³/mol. The number of carbonyl (C=O) groups excluding carboxylic acids is 2. The van der Waals surface area contributed by atoms with Crippen LogP contribution in [0.15, 0.2) is 36.5 Å². The van der Waals surface area contributed by atoms with E-state index in [2.05, 4.69) is 55.6 Å². The van der Waals surface area contributed by atoms with E-state index in [1.165, 1.54) is 205 Å². The number of aliphatic hydroxyl groups is 2. The molecule has 68 heavy (non-hydrogen) atoms. The maximum Gasteiger partial charge on any atom is 0.305 e. The smallest absolute Gasteiger partial charge is 0.305 e. The number of hydrogen-bond donors (Lipinski definition) is 3. The molecule has 0 aromatic heterocycles. The third-order valence-corrected chi connectivity index (χ3v) is 13.9. The Morgan fingerprint density at radius 3 is 1.15 bits per heavy atom. The summed E-state index contributed by atoms with van der Waals surface area (Å²) in [4.78, 5) is 24.6. The third-order valence-electron chi connectivity index (χ3n) is 13.9. The SMILES string of the molecule is CCCCCC/C=C\C/C=C\CCCCCCCCCC(=O)OCCCCC/C=C\CCCCCCCC(=O)NC(CO)C(O)CCCCCCCCCCCCCCCCCCCCCCC. The Hall–Kier alpha value is -1.92. The van der Waals surface area contributed by atoms with Crippen LogP contribution in [0.5, 0.6) is 0 Å². The first-order chi connectivity index (χ1) is 33.5. The lowest BCUT2D eigenvalue weighted by Crippen LogP contribution is -2.45. The first-order valence-electron chi connectivity index (χ1n) is 30.2. The highest BCUT2D eigenvalue weighted by Gasteiger charge is 2.20. The molecular formula is C62H117NO5. The lowest BCUT2D eigenvalue weighted by molar-refractivity contribution is -0.143.